The third kappa shape index (κ3) is 3.95. The van der Waals surface area contributed by atoms with Crippen molar-refractivity contribution in [1.29, 1.82) is 0 Å². The van der Waals surface area contributed by atoms with Crippen LogP contribution in [0.15, 0.2) is 45.9 Å². The number of benzene rings is 1. The third-order valence-electron chi connectivity index (χ3n) is 2.73. The maximum Gasteiger partial charge on any atom is 0.233 e. The average molecular weight is 311 g/mol. The van der Waals surface area contributed by atoms with Crippen LogP contribution < -0.4 is 5.73 Å². The maximum atomic E-state index is 12.0. The fourth-order valence-electron chi connectivity index (χ4n) is 1.61. The van der Waals surface area contributed by atoms with Crippen LogP contribution in [-0.2, 0) is 11.3 Å². The summed E-state index contributed by atoms with van der Waals surface area (Å²) in [6.07, 6.45) is 1.59. The molecule has 6 heteroatoms. The summed E-state index contributed by atoms with van der Waals surface area (Å²) in [7, 11) is 1.74. The molecule has 0 fully saturated rings. The average Bonchev–Trinajstić information content (AvgIpc) is 2.92. The number of amides is 1. The lowest BCUT2D eigenvalue weighted by molar-refractivity contribution is -0.127. The lowest BCUT2D eigenvalue weighted by Gasteiger charge is -2.15. The van der Waals surface area contributed by atoms with E-state index >= 15 is 0 Å². The van der Waals surface area contributed by atoms with Crippen molar-refractivity contribution in [3.05, 3.63) is 47.4 Å². The van der Waals surface area contributed by atoms with Crippen molar-refractivity contribution in [1.82, 2.24) is 4.90 Å². The van der Waals surface area contributed by atoms with Crippen molar-refractivity contribution in [2.24, 2.45) is 0 Å². The van der Waals surface area contributed by atoms with E-state index in [0.29, 0.717) is 23.0 Å². The molecule has 1 heterocycles. The molecule has 0 aliphatic carbocycles. The molecule has 2 aromatic rings. The number of hydrogen-bond donors (Lipinski definition) is 1. The number of carbonyl (C=O) groups is 1. The first-order valence-electron chi connectivity index (χ1n) is 6.00. The SMILES string of the molecule is CN(Cc1ccco1)C(=O)CSc1cc(Cl)ccc1N. The van der Waals surface area contributed by atoms with Gasteiger partial charge in [-0.05, 0) is 30.3 Å². The standard InChI is InChI=1S/C14H15ClN2O2S/c1-17(8-11-3-2-6-19-11)14(18)9-20-13-7-10(15)4-5-12(13)16/h2-7H,8-9,16H2,1H3. The van der Waals surface area contributed by atoms with E-state index in [1.807, 2.05) is 6.07 Å². The number of nitrogens with zero attached hydrogens (tertiary/aromatic N) is 1. The van der Waals surface area contributed by atoms with E-state index < -0.39 is 0 Å². The lowest BCUT2D eigenvalue weighted by atomic mass is 10.3. The maximum absolute atomic E-state index is 12.0. The molecule has 0 radical (unpaired) electrons. The van der Waals surface area contributed by atoms with E-state index in [4.69, 9.17) is 21.8 Å². The normalized spacial score (nSPS) is 10.5. The summed E-state index contributed by atoms with van der Waals surface area (Å²) in [5.74, 6) is 1.07. The van der Waals surface area contributed by atoms with Gasteiger partial charge >= 0.3 is 0 Å². The van der Waals surface area contributed by atoms with Gasteiger partial charge in [-0.25, -0.2) is 0 Å². The van der Waals surface area contributed by atoms with Gasteiger partial charge in [-0.3, -0.25) is 4.79 Å². The molecule has 0 bridgehead atoms. The Kier molecular flexibility index (Phi) is 4.98. The molecule has 1 aromatic carbocycles. The summed E-state index contributed by atoms with van der Waals surface area (Å²) in [6.45, 7) is 0.456. The van der Waals surface area contributed by atoms with Crippen molar-refractivity contribution in [2.45, 2.75) is 11.4 Å². The summed E-state index contributed by atoms with van der Waals surface area (Å²) in [5.41, 5.74) is 6.47. The molecule has 20 heavy (non-hydrogen) atoms. The van der Waals surface area contributed by atoms with Crippen molar-refractivity contribution < 1.29 is 9.21 Å². The van der Waals surface area contributed by atoms with Crippen molar-refractivity contribution in [3.8, 4) is 0 Å². The molecule has 0 aliphatic heterocycles. The number of rotatable bonds is 5. The molecule has 0 atom stereocenters. The third-order valence-corrected chi connectivity index (χ3v) is 4.02. The van der Waals surface area contributed by atoms with E-state index in [1.165, 1.54) is 11.8 Å². The molecule has 1 amide bonds. The Morgan fingerprint density at radius 2 is 2.25 bits per heavy atom. The minimum atomic E-state index is 0.00535. The molecule has 2 rings (SSSR count). The molecule has 1 aromatic heterocycles. The van der Waals surface area contributed by atoms with E-state index in [1.54, 1.807) is 42.5 Å². The Bertz CT molecular complexity index is 587. The summed E-state index contributed by atoms with van der Waals surface area (Å²) >= 11 is 7.29. The van der Waals surface area contributed by atoms with Crippen LogP contribution in [-0.4, -0.2) is 23.6 Å². The van der Waals surface area contributed by atoms with Gasteiger partial charge in [0.1, 0.15) is 5.76 Å². The van der Waals surface area contributed by atoms with Gasteiger partial charge in [-0.1, -0.05) is 11.6 Å². The molecule has 0 unspecified atom stereocenters. The summed E-state index contributed by atoms with van der Waals surface area (Å²) in [6, 6.07) is 8.87. The Labute approximate surface area is 126 Å². The molecule has 2 N–H and O–H groups in total. The number of thioether (sulfide) groups is 1. The molecule has 4 nitrogen and oxygen atoms in total. The van der Waals surface area contributed by atoms with Gasteiger partial charge in [0.2, 0.25) is 5.91 Å². The molecule has 0 aliphatic rings. The van der Waals surface area contributed by atoms with Gasteiger partial charge in [0.25, 0.3) is 0 Å². The van der Waals surface area contributed by atoms with Crippen LogP contribution in [0.2, 0.25) is 5.02 Å². The molecule has 0 spiro atoms. The van der Waals surface area contributed by atoms with E-state index in [9.17, 15) is 4.79 Å². The number of nitrogens with two attached hydrogens (primary N) is 1. The highest BCUT2D eigenvalue weighted by Crippen LogP contribution is 2.28. The van der Waals surface area contributed by atoms with E-state index in [2.05, 4.69) is 0 Å². The highest BCUT2D eigenvalue weighted by atomic mass is 35.5. The molecular formula is C14H15ClN2O2S. The van der Waals surface area contributed by atoms with Gasteiger partial charge < -0.3 is 15.1 Å². The second-order valence-corrected chi connectivity index (χ2v) is 5.75. The number of halogens is 1. The Morgan fingerprint density at radius 3 is 2.95 bits per heavy atom. The number of anilines is 1. The summed E-state index contributed by atoms with van der Waals surface area (Å²) in [4.78, 5) is 14.5. The van der Waals surface area contributed by atoms with Gasteiger partial charge in [0.15, 0.2) is 0 Å². The highest BCUT2D eigenvalue weighted by Gasteiger charge is 2.12. The number of hydrogen-bond acceptors (Lipinski definition) is 4. The van der Waals surface area contributed by atoms with Crippen LogP contribution in [0.3, 0.4) is 0 Å². The Balaban J connectivity index is 1.89. The van der Waals surface area contributed by atoms with Crippen LogP contribution in [0.25, 0.3) is 0 Å². The van der Waals surface area contributed by atoms with Crippen molar-refractivity contribution in [3.63, 3.8) is 0 Å². The zero-order valence-electron chi connectivity index (χ0n) is 11.0. The Morgan fingerprint density at radius 1 is 1.45 bits per heavy atom. The second kappa shape index (κ2) is 6.72. The topological polar surface area (TPSA) is 59.5 Å². The number of furan rings is 1. The fraction of sp³-hybridized carbons (Fsp3) is 0.214. The van der Waals surface area contributed by atoms with E-state index in [0.717, 1.165) is 10.7 Å². The fourth-order valence-corrected chi connectivity index (χ4v) is 2.79. The van der Waals surface area contributed by atoms with Crippen LogP contribution in [0.4, 0.5) is 5.69 Å². The van der Waals surface area contributed by atoms with Crippen LogP contribution >= 0.6 is 23.4 Å². The zero-order valence-corrected chi connectivity index (χ0v) is 12.6. The first kappa shape index (κ1) is 14.8. The monoisotopic (exact) mass is 310 g/mol. The highest BCUT2D eigenvalue weighted by molar-refractivity contribution is 8.00. The van der Waals surface area contributed by atoms with Gasteiger partial charge in [-0.15, -0.1) is 11.8 Å². The largest absolute Gasteiger partial charge is 0.467 e. The first-order chi connectivity index (χ1) is 9.56. The molecular weight excluding hydrogens is 296 g/mol. The number of carbonyl (C=O) groups excluding carboxylic acids is 1. The molecule has 0 saturated heterocycles. The molecule has 0 saturated carbocycles. The zero-order chi connectivity index (χ0) is 14.5. The van der Waals surface area contributed by atoms with Crippen molar-refractivity contribution >= 4 is 35.0 Å². The van der Waals surface area contributed by atoms with Crippen molar-refractivity contribution in [2.75, 3.05) is 18.5 Å². The first-order valence-corrected chi connectivity index (χ1v) is 7.37. The van der Waals surface area contributed by atoms with Gasteiger partial charge in [0, 0.05) is 22.7 Å². The van der Waals surface area contributed by atoms with E-state index in [-0.39, 0.29) is 5.91 Å². The minimum absolute atomic E-state index is 0.00535. The Hall–Kier alpha value is -1.59. The minimum Gasteiger partial charge on any atom is -0.467 e. The predicted octanol–water partition coefficient (Wildman–Crippen LogP) is 3.27. The quantitative estimate of drug-likeness (QED) is 0.680. The van der Waals surface area contributed by atoms with Gasteiger partial charge in [0.05, 0.1) is 18.6 Å². The summed E-state index contributed by atoms with van der Waals surface area (Å²) in [5, 5.41) is 0.609. The van der Waals surface area contributed by atoms with Gasteiger partial charge in [-0.2, -0.15) is 0 Å². The second-order valence-electron chi connectivity index (χ2n) is 4.30. The predicted molar refractivity (Wildman–Crippen MR) is 81.8 cm³/mol. The smallest absolute Gasteiger partial charge is 0.233 e. The van der Waals surface area contributed by atoms with Crippen LogP contribution in [0.1, 0.15) is 5.76 Å². The van der Waals surface area contributed by atoms with Crippen LogP contribution in [0.5, 0.6) is 0 Å². The lowest BCUT2D eigenvalue weighted by Crippen LogP contribution is -2.27. The summed E-state index contributed by atoms with van der Waals surface area (Å²) < 4.78 is 5.21. The molecule has 106 valence electrons. The number of nitrogen functional groups attached to an aromatic ring is 1. The van der Waals surface area contributed by atoms with Crippen LogP contribution in [0, 0.1) is 0 Å².